The molecule has 0 saturated carbocycles. The first-order valence-corrected chi connectivity index (χ1v) is 14.2. The molecule has 0 atom stereocenters. The van der Waals surface area contributed by atoms with E-state index in [1.54, 1.807) is 29.7 Å². The minimum atomic E-state index is 0.269. The van der Waals surface area contributed by atoms with E-state index < -0.39 is 0 Å². The zero-order valence-electron chi connectivity index (χ0n) is 21.6. The van der Waals surface area contributed by atoms with Crippen LogP contribution in [0.1, 0.15) is 10.6 Å². The number of hydrogen-bond donors (Lipinski definition) is 2. The lowest BCUT2D eigenvalue weighted by Gasteiger charge is -2.34. The molecule has 0 spiro atoms. The molecule has 0 bridgehead atoms. The van der Waals surface area contributed by atoms with Crippen molar-refractivity contribution in [3.63, 3.8) is 0 Å². The highest BCUT2D eigenvalue weighted by atomic mass is 32.1. The van der Waals surface area contributed by atoms with Gasteiger partial charge in [-0.2, -0.15) is 5.10 Å². The van der Waals surface area contributed by atoms with E-state index in [0.29, 0.717) is 19.8 Å². The molecule has 0 radical (unpaired) electrons. The minimum absolute atomic E-state index is 0.269. The van der Waals surface area contributed by atoms with Crippen molar-refractivity contribution in [2.45, 2.75) is 13.1 Å². The summed E-state index contributed by atoms with van der Waals surface area (Å²) >= 11 is 1.80. The number of aromatic hydroxyl groups is 1. The summed E-state index contributed by atoms with van der Waals surface area (Å²) in [5, 5.41) is 18.4. The summed E-state index contributed by atoms with van der Waals surface area (Å²) in [7, 11) is 0. The molecule has 200 valence electrons. The van der Waals surface area contributed by atoms with Gasteiger partial charge in [-0.05, 0) is 24.3 Å². The molecule has 2 aliphatic rings. The fraction of sp³-hybridized carbons (Fsp3) is 0.357. The summed E-state index contributed by atoms with van der Waals surface area (Å²) in [4.78, 5) is 23.0. The van der Waals surface area contributed by atoms with Crippen LogP contribution in [0.4, 0.5) is 5.82 Å². The third-order valence-corrected chi connectivity index (χ3v) is 8.63. The van der Waals surface area contributed by atoms with E-state index in [1.807, 2.05) is 18.3 Å². The topological polar surface area (TPSA) is 107 Å². The Bertz CT molecular complexity index is 1600. The van der Waals surface area contributed by atoms with Crippen molar-refractivity contribution in [2.75, 3.05) is 57.4 Å². The van der Waals surface area contributed by atoms with Crippen LogP contribution in [-0.4, -0.2) is 92.5 Å². The van der Waals surface area contributed by atoms with Gasteiger partial charge in [-0.25, -0.2) is 9.97 Å². The molecule has 0 unspecified atom stereocenters. The van der Waals surface area contributed by atoms with Gasteiger partial charge in [0, 0.05) is 74.4 Å². The largest absolute Gasteiger partial charge is 0.506 e. The maximum absolute atomic E-state index is 10.1. The Labute approximate surface area is 229 Å². The van der Waals surface area contributed by atoms with Crippen LogP contribution < -0.4 is 4.90 Å². The highest BCUT2D eigenvalue weighted by molar-refractivity contribution is 7.19. The Hall–Kier alpha value is -3.64. The second-order valence-electron chi connectivity index (χ2n) is 10.1. The van der Waals surface area contributed by atoms with Gasteiger partial charge in [0.2, 0.25) is 0 Å². The van der Waals surface area contributed by atoms with Crippen LogP contribution in [0.2, 0.25) is 0 Å². The molecule has 11 heteroatoms. The Morgan fingerprint density at radius 3 is 2.59 bits per heavy atom. The lowest BCUT2D eigenvalue weighted by molar-refractivity contribution is 0.121. The number of H-pyrrole nitrogens is 1. The third kappa shape index (κ3) is 4.94. The van der Waals surface area contributed by atoms with Gasteiger partial charge >= 0.3 is 0 Å². The molecule has 2 fully saturated rings. The number of benzene rings is 1. The lowest BCUT2D eigenvalue weighted by atomic mass is 10.1. The molecule has 7 rings (SSSR count). The number of nitrogens with one attached hydrogen (secondary N) is 1. The number of nitrogens with zero attached hydrogens (tertiary/aromatic N) is 7. The molecule has 0 amide bonds. The van der Waals surface area contributed by atoms with Gasteiger partial charge in [0.05, 0.1) is 40.8 Å². The number of aromatic amines is 1. The van der Waals surface area contributed by atoms with Crippen molar-refractivity contribution in [3.8, 4) is 17.1 Å². The third-order valence-electron chi connectivity index (χ3n) is 7.52. The molecule has 5 aromatic rings. The van der Waals surface area contributed by atoms with Gasteiger partial charge in [0.25, 0.3) is 0 Å². The molecule has 6 heterocycles. The number of rotatable bonds is 6. The van der Waals surface area contributed by atoms with Crippen LogP contribution in [0.15, 0.2) is 48.8 Å². The first-order chi connectivity index (χ1) is 19.2. The number of pyridine rings is 1. The average Bonchev–Trinajstić information content (AvgIpc) is 3.62. The van der Waals surface area contributed by atoms with Gasteiger partial charge in [-0.15, -0.1) is 11.3 Å². The Morgan fingerprint density at radius 1 is 0.949 bits per heavy atom. The van der Waals surface area contributed by atoms with Crippen molar-refractivity contribution >= 4 is 38.3 Å². The number of aromatic nitrogens is 5. The Kier molecular flexibility index (Phi) is 6.57. The number of fused-ring (bicyclic) bond motifs is 2. The van der Waals surface area contributed by atoms with E-state index in [0.717, 1.165) is 89.8 Å². The van der Waals surface area contributed by atoms with Crippen LogP contribution in [0.5, 0.6) is 5.75 Å². The van der Waals surface area contributed by atoms with Crippen molar-refractivity contribution in [2.24, 2.45) is 0 Å². The monoisotopic (exact) mass is 542 g/mol. The van der Waals surface area contributed by atoms with E-state index in [-0.39, 0.29) is 5.75 Å². The molecule has 10 nitrogen and oxygen atoms in total. The van der Waals surface area contributed by atoms with E-state index in [9.17, 15) is 5.11 Å². The van der Waals surface area contributed by atoms with E-state index in [1.165, 1.54) is 4.88 Å². The van der Waals surface area contributed by atoms with E-state index >= 15 is 0 Å². The SMILES string of the molecule is Oc1cccnc1CN1CCN(Cc2cc3nc(-c4cccc5[nH]ncc45)nc(N4CCOCC4)c3s2)CC1. The summed E-state index contributed by atoms with van der Waals surface area (Å²) in [6.45, 7) is 8.44. The molecule has 4 aromatic heterocycles. The smallest absolute Gasteiger partial charge is 0.162 e. The van der Waals surface area contributed by atoms with Crippen LogP contribution in [-0.2, 0) is 17.8 Å². The first kappa shape index (κ1) is 24.4. The van der Waals surface area contributed by atoms with Crippen LogP contribution in [0.25, 0.3) is 32.5 Å². The van der Waals surface area contributed by atoms with Crippen LogP contribution in [0, 0.1) is 0 Å². The quantitative estimate of drug-likeness (QED) is 0.333. The van der Waals surface area contributed by atoms with Crippen molar-refractivity contribution in [1.82, 2.24) is 34.9 Å². The molecular weight excluding hydrogens is 512 g/mol. The summed E-state index contributed by atoms with van der Waals surface area (Å²) < 4.78 is 6.77. The minimum Gasteiger partial charge on any atom is -0.506 e. The van der Waals surface area contributed by atoms with Gasteiger partial charge < -0.3 is 14.7 Å². The maximum Gasteiger partial charge on any atom is 0.162 e. The van der Waals surface area contributed by atoms with Crippen LogP contribution >= 0.6 is 11.3 Å². The standard InChI is InChI=1S/C28H30N8O2S/c37-25-5-2-6-29-24(25)18-35-9-7-34(8-10-35)17-19-15-23-26(39-19)28(36-11-13-38-14-12-36)32-27(31-23)20-3-1-4-22-21(20)16-30-33-22/h1-6,15-16,37H,7-14,17-18H2,(H,30,33). The molecular formula is C28H30N8O2S. The van der Waals surface area contributed by atoms with Gasteiger partial charge in [0.1, 0.15) is 5.75 Å². The second-order valence-corrected chi connectivity index (χ2v) is 11.2. The zero-order chi connectivity index (χ0) is 26.2. The lowest BCUT2D eigenvalue weighted by Crippen LogP contribution is -2.45. The molecule has 2 aliphatic heterocycles. The summed E-state index contributed by atoms with van der Waals surface area (Å²) in [5.74, 6) is 1.99. The first-order valence-electron chi connectivity index (χ1n) is 13.3. The number of thiophene rings is 1. The Balaban J connectivity index is 1.14. The highest BCUT2D eigenvalue weighted by Gasteiger charge is 2.23. The predicted molar refractivity (Wildman–Crippen MR) is 152 cm³/mol. The predicted octanol–water partition coefficient (Wildman–Crippen LogP) is 3.49. The number of morpholine rings is 1. The van der Waals surface area contributed by atoms with Crippen molar-refractivity contribution < 1.29 is 9.84 Å². The number of piperazine rings is 1. The highest BCUT2D eigenvalue weighted by Crippen LogP contribution is 2.36. The molecule has 2 saturated heterocycles. The van der Waals surface area contributed by atoms with E-state index in [2.05, 4.69) is 42.0 Å². The normalized spacial score (nSPS) is 17.4. The summed E-state index contributed by atoms with van der Waals surface area (Å²) in [5.41, 5.74) is 3.70. The molecule has 2 N–H and O–H groups in total. The zero-order valence-corrected chi connectivity index (χ0v) is 22.4. The van der Waals surface area contributed by atoms with Gasteiger partial charge in [-0.1, -0.05) is 12.1 Å². The van der Waals surface area contributed by atoms with Gasteiger partial charge in [0.15, 0.2) is 11.6 Å². The molecule has 0 aliphatic carbocycles. The number of anilines is 1. The Morgan fingerprint density at radius 2 is 1.77 bits per heavy atom. The number of ether oxygens (including phenoxy) is 1. The van der Waals surface area contributed by atoms with Crippen LogP contribution in [0.3, 0.4) is 0 Å². The maximum atomic E-state index is 10.1. The van der Waals surface area contributed by atoms with Gasteiger partial charge in [-0.3, -0.25) is 19.9 Å². The molecule has 39 heavy (non-hydrogen) atoms. The second kappa shape index (κ2) is 10.5. The fourth-order valence-corrected chi connectivity index (χ4v) is 6.56. The number of hydrogen-bond acceptors (Lipinski definition) is 10. The van der Waals surface area contributed by atoms with Crippen molar-refractivity contribution in [3.05, 3.63) is 59.4 Å². The summed E-state index contributed by atoms with van der Waals surface area (Å²) in [6.07, 6.45) is 3.59. The molecule has 1 aromatic carbocycles. The van der Waals surface area contributed by atoms with E-state index in [4.69, 9.17) is 14.7 Å². The summed E-state index contributed by atoms with van der Waals surface area (Å²) in [6, 6.07) is 11.8. The fourth-order valence-electron chi connectivity index (χ4n) is 5.40. The average molecular weight is 543 g/mol. The van der Waals surface area contributed by atoms with Crippen molar-refractivity contribution in [1.29, 1.82) is 0 Å².